The van der Waals surface area contributed by atoms with E-state index < -0.39 is 0 Å². The van der Waals surface area contributed by atoms with Gasteiger partial charge in [-0.3, -0.25) is 4.79 Å². The number of carbonyl (C=O) groups is 1. The minimum Gasteiger partial charge on any atom is -0.378 e. The molecule has 1 aliphatic heterocycles. The van der Waals surface area contributed by atoms with Crippen LogP contribution in [0.4, 0.5) is 5.69 Å². The fourth-order valence-electron chi connectivity index (χ4n) is 3.06. The normalized spacial score (nSPS) is 21.5. The number of hydrogen-bond donors (Lipinski definition) is 2. The number of amides is 1. The van der Waals surface area contributed by atoms with Crippen molar-refractivity contribution in [1.29, 1.82) is 0 Å². The summed E-state index contributed by atoms with van der Waals surface area (Å²) in [6.45, 7) is 0. The third kappa shape index (κ3) is 2.26. The Kier molecular flexibility index (Phi) is 3.07. The molecule has 1 fully saturated rings. The number of hydrogen-bond acceptors (Lipinski definition) is 3. The van der Waals surface area contributed by atoms with Gasteiger partial charge in [0.05, 0.1) is 12.0 Å². The quantitative estimate of drug-likeness (QED) is 0.871. The summed E-state index contributed by atoms with van der Waals surface area (Å²) in [7, 11) is 1.77. The van der Waals surface area contributed by atoms with Crippen molar-refractivity contribution in [2.45, 2.75) is 43.7 Å². The first-order valence-electron chi connectivity index (χ1n) is 6.85. The summed E-state index contributed by atoms with van der Waals surface area (Å²) in [5.41, 5.74) is 9.36. The number of anilines is 1. The van der Waals surface area contributed by atoms with Gasteiger partial charge in [0.1, 0.15) is 0 Å². The Morgan fingerprint density at radius 2 is 2.26 bits per heavy atom. The van der Waals surface area contributed by atoms with Crippen LogP contribution in [0.15, 0.2) is 18.2 Å². The van der Waals surface area contributed by atoms with E-state index in [0.717, 1.165) is 36.1 Å². The van der Waals surface area contributed by atoms with Crippen LogP contribution < -0.4 is 11.1 Å². The van der Waals surface area contributed by atoms with Gasteiger partial charge in [-0.2, -0.15) is 0 Å². The second kappa shape index (κ2) is 4.62. The summed E-state index contributed by atoms with van der Waals surface area (Å²) in [5, 5.41) is 2.84. The van der Waals surface area contributed by atoms with Gasteiger partial charge in [0, 0.05) is 18.8 Å². The van der Waals surface area contributed by atoms with E-state index in [1.165, 1.54) is 6.42 Å². The van der Waals surface area contributed by atoms with E-state index in [-0.39, 0.29) is 17.6 Å². The van der Waals surface area contributed by atoms with Crippen molar-refractivity contribution in [2.75, 3.05) is 12.4 Å². The smallest absolute Gasteiger partial charge is 0.228 e. The number of ether oxygens (including phenoxy) is 1. The molecule has 1 aromatic rings. The molecule has 1 aromatic carbocycles. The van der Waals surface area contributed by atoms with Gasteiger partial charge in [-0.15, -0.1) is 0 Å². The fourth-order valence-corrected chi connectivity index (χ4v) is 3.06. The minimum atomic E-state index is -0.0266. The molecule has 4 nitrogen and oxygen atoms in total. The Morgan fingerprint density at radius 3 is 2.89 bits per heavy atom. The molecule has 3 rings (SSSR count). The molecule has 0 bridgehead atoms. The van der Waals surface area contributed by atoms with Crippen molar-refractivity contribution in [3.63, 3.8) is 0 Å². The molecule has 0 spiro atoms. The van der Waals surface area contributed by atoms with E-state index in [2.05, 4.69) is 11.4 Å². The van der Waals surface area contributed by atoms with Crippen LogP contribution in [0.2, 0.25) is 0 Å². The monoisotopic (exact) mass is 260 g/mol. The SMILES string of the molecule is COC1(CC(N)c2ccc3c(c2)CC(=O)N3)CCC1. The lowest BCUT2D eigenvalue weighted by Gasteiger charge is -2.42. The van der Waals surface area contributed by atoms with Gasteiger partial charge in [-0.1, -0.05) is 12.1 Å². The van der Waals surface area contributed by atoms with Gasteiger partial charge in [0.2, 0.25) is 5.91 Å². The van der Waals surface area contributed by atoms with E-state index in [9.17, 15) is 4.79 Å². The molecule has 102 valence electrons. The molecule has 1 aliphatic carbocycles. The van der Waals surface area contributed by atoms with E-state index in [1.807, 2.05) is 12.1 Å². The van der Waals surface area contributed by atoms with Crippen LogP contribution in [0.5, 0.6) is 0 Å². The standard InChI is InChI=1S/C15H20N2O2/c1-19-15(5-2-6-15)9-12(16)10-3-4-13-11(7-10)8-14(18)17-13/h3-4,7,12H,2,5-6,8-9,16H2,1H3,(H,17,18). The highest BCUT2D eigenvalue weighted by molar-refractivity contribution is 5.99. The molecule has 4 heteroatoms. The van der Waals surface area contributed by atoms with Gasteiger partial charge in [0.15, 0.2) is 0 Å². The van der Waals surface area contributed by atoms with Crippen molar-refractivity contribution in [1.82, 2.24) is 0 Å². The van der Waals surface area contributed by atoms with Crippen LogP contribution in [-0.4, -0.2) is 18.6 Å². The summed E-state index contributed by atoms with van der Waals surface area (Å²) in [5.74, 6) is 0.0630. The molecule has 3 N–H and O–H groups in total. The zero-order valence-corrected chi connectivity index (χ0v) is 11.2. The summed E-state index contributed by atoms with van der Waals surface area (Å²) >= 11 is 0. The second-order valence-electron chi connectivity index (χ2n) is 5.69. The van der Waals surface area contributed by atoms with Crippen LogP contribution in [0.3, 0.4) is 0 Å². The van der Waals surface area contributed by atoms with E-state index >= 15 is 0 Å². The molecule has 19 heavy (non-hydrogen) atoms. The lowest BCUT2D eigenvalue weighted by Crippen LogP contribution is -2.41. The van der Waals surface area contributed by atoms with Crippen LogP contribution in [0, 0.1) is 0 Å². The largest absolute Gasteiger partial charge is 0.378 e. The summed E-state index contributed by atoms with van der Waals surface area (Å²) in [6, 6.07) is 5.99. The highest BCUT2D eigenvalue weighted by Gasteiger charge is 2.38. The maximum absolute atomic E-state index is 11.3. The highest BCUT2D eigenvalue weighted by atomic mass is 16.5. The second-order valence-corrected chi connectivity index (χ2v) is 5.69. The maximum Gasteiger partial charge on any atom is 0.228 e. The topological polar surface area (TPSA) is 64.3 Å². The number of rotatable bonds is 4. The maximum atomic E-state index is 11.3. The Bertz CT molecular complexity index is 503. The van der Waals surface area contributed by atoms with Crippen molar-refractivity contribution >= 4 is 11.6 Å². The Morgan fingerprint density at radius 1 is 1.47 bits per heavy atom. The zero-order valence-electron chi connectivity index (χ0n) is 11.2. The Balaban J connectivity index is 1.75. The molecule has 0 aromatic heterocycles. The van der Waals surface area contributed by atoms with Crippen LogP contribution in [0.1, 0.15) is 42.9 Å². The molecule has 1 unspecified atom stereocenters. The van der Waals surface area contributed by atoms with Gasteiger partial charge in [-0.05, 0) is 42.9 Å². The van der Waals surface area contributed by atoms with Crippen LogP contribution in [-0.2, 0) is 16.0 Å². The molecule has 1 saturated carbocycles. The highest BCUT2D eigenvalue weighted by Crippen LogP contribution is 2.41. The molecular weight excluding hydrogens is 240 g/mol. The first-order chi connectivity index (χ1) is 9.12. The fraction of sp³-hybridized carbons (Fsp3) is 0.533. The summed E-state index contributed by atoms with van der Waals surface area (Å²) in [4.78, 5) is 11.3. The molecular formula is C15H20N2O2. The predicted molar refractivity (Wildman–Crippen MR) is 73.9 cm³/mol. The number of nitrogens with two attached hydrogens (primary N) is 1. The first-order valence-corrected chi connectivity index (χ1v) is 6.85. The van der Waals surface area contributed by atoms with E-state index in [0.29, 0.717) is 6.42 Å². The predicted octanol–water partition coefficient (Wildman–Crippen LogP) is 2.14. The van der Waals surface area contributed by atoms with Crippen LogP contribution >= 0.6 is 0 Å². The minimum absolute atomic E-state index is 0.0213. The van der Waals surface area contributed by atoms with Gasteiger partial charge >= 0.3 is 0 Å². The van der Waals surface area contributed by atoms with Crippen molar-refractivity contribution < 1.29 is 9.53 Å². The molecule has 0 saturated heterocycles. The van der Waals surface area contributed by atoms with Gasteiger partial charge in [-0.25, -0.2) is 0 Å². The van der Waals surface area contributed by atoms with Crippen molar-refractivity contribution in [3.05, 3.63) is 29.3 Å². The average Bonchev–Trinajstić information content (AvgIpc) is 2.72. The summed E-state index contributed by atoms with van der Waals surface area (Å²) in [6.07, 6.45) is 4.74. The number of nitrogens with one attached hydrogen (secondary N) is 1. The zero-order chi connectivity index (χ0) is 13.5. The van der Waals surface area contributed by atoms with Gasteiger partial charge < -0.3 is 15.8 Å². The number of carbonyl (C=O) groups excluding carboxylic acids is 1. The third-order valence-corrected chi connectivity index (χ3v) is 4.47. The molecule has 2 aliphatic rings. The Labute approximate surface area is 113 Å². The summed E-state index contributed by atoms with van der Waals surface area (Å²) < 4.78 is 5.63. The molecule has 1 heterocycles. The van der Waals surface area contributed by atoms with Crippen molar-refractivity contribution in [2.24, 2.45) is 5.73 Å². The third-order valence-electron chi connectivity index (χ3n) is 4.47. The number of methoxy groups -OCH3 is 1. The van der Waals surface area contributed by atoms with Crippen LogP contribution in [0.25, 0.3) is 0 Å². The lowest BCUT2D eigenvalue weighted by molar-refractivity contribution is -0.115. The molecule has 1 atom stereocenters. The number of benzene rings is 1. The average molecular weight is 260 g/mol. The Hall–Kier alpha value is -1.39. The van der Waals surface area contributed by atoms with E-state index in [1.54, 1.807) is 7.11 Å². The van der Waals surface area contributed by atoms with E-state index in [4.69, 9.17) is 10.5 Å². The van der Waals surface area contributed by atoms with Crippen molar-refractivity contribution in [3.8, 4) is 0 Å². The number of fused-ring (bicyclic) bond motifs is 1. The first kappa shape index (κ1) is 12.6. The molecule has 0 radical (unpaired) electrons. The lowest BCUT2D eigenvalue weighted by atomic mass is 9.75. The van der Waals surface area contributed by atoms with Gasteiger partial charge in [0.25, 0.3) is 0 Å². The molecule has 1 amide bonds.